The van der Waals surface area contributed by atoms with Crippen LogP contribution in [0.1, 0.15) is 39.8 Å². The Bertz CT molecular complexity index is 723. The number of ether oxygens (including phenoxy) is 1. The highest BCUT2D eigenvalue weighted by molar-refractivity contribution is 6.74. The van der Waals surface area contributed by atoms with E-state index in [0.29, 0.717) is 12.4 Å². The van der Waals surface area contributed by atoms with Gasteiger partial charge in [-0.1, -0.05) is 20.8 Å². The van der Waals surface area contributed by atoms with Crippen LogP contribution in [0.15, 0.2) is 18.6 Å². The van der Waals surface area contributed by atoms with Gasteiger partial charge in [-0.3, -0.25) is 0 Å². The number of aromatic nitrogens is 3. The molecule has 6 nitrogen and oxygen atoms in total. The average molecular weight is 349 g/mol. The van der Waals surface area contributed by atoms with Gasteiger partial charge in [0.2, 0.25) is 0 Å². The maximum Gasteiger partial charge on any atom is 0.192 e. The molecule has 3 heterocycles. The Morgan fingerprint density at radius 3 is 2.79 bits per heavy atom. The summed E-state index contributed by atoms with van der Waals surface area (Å²) in [5, 5.41) is 1.10. The highest BCUT2D eigenvalue weighted by Crippen LogP contribution is 2.38. The molecule has 0 aromatic carbocycles. The molecule has 1 aliphatic heterocycles. The predicted molar refractivity (Wildman–Crippen MR) is 98.2 cm³/mol. The van der Waals surface area contributed by atoms with Crippen molar-refractivity contribution in [1.29, 1.82) is 0 Å². The summed E-state index contributed by atoms with van der Waals surface area (Å²) in [5.74, 6) is 0.509. The average Bonchev–Trinajstić information content (AvgIpc) is 3.10. The van der Waals surface area contributed by atoms with Gasteiger partial charge in [-0.05, 0) is 37.0 Å². The highest BCUT2D eigenvalue weighted by atomic mass is 28.4. The summed E-state index contributed by atoms with van der Waals surface area (Å²) in [6, 6.07) is 1.95. The van der Waals surface area contributed by atoms with Crippen molar-refractivity contribution in [3.63, 3.8) is 0 Å². The standard InChI is InChI=1S/C17H28N4O2Si/c1-17(2,3)24(4,5)22-10-12-6-7-14(23-12)21-9-8-13-15(18)19-11-20-16(13)21/h8-9,11-12,14H,6-7,10H2,1-5H3,(H2,18,19,20)/t12-,14+/m0/s1. The molecular weight excluding hydrogens is 320 g/mol. The van der Waals surface area contributed by atoms with Gasteiger partial charge in [-0.15, -0.1) is 0 Å². The first-order valence-corrected chi connectivity index (χ1v) is 11.5. The largest absolute Gasteiger partial charge is 0.414 e. The number of hydrogen-bond acceptors (Lipinski definition) is 5. The Labute approximate surface area is 144 Å². The minimum Gasteiger partial charge on any atom is -0.414 e. The van der Waals surface area contributed by atoms with E-state index in [0.717, 1.165) is 23.9 Å². The lowest BCUT2D eigenvalue weighted by molar-refractivity contribution is -0.0179. The summed E-state index contributed by atoms with van der Waals surface area (Å²) in [7, 11) is -1.74. The van der Waals surface area contributed by atoms with Crippen molar-refractivity contribution in [3.8, 4) is 0 Å². The van der Waals surface area contributed by atoms with Gasteiger partial charge < -0.3 is 19.5 Å². The molecule has 1 aliphatic rings. The van der Waals surface area contributed by atoms with Crippen molar-refractivity contribution in [2.45, 2.75) is 64.1 Å². The van der Waals surface area contributed by atoms with Crippen molar-refractivity contribution in [1.82, 2.24) is 14.5 Å². The lowest BCUT2D eigenvalue weighted by atomic mass is 10.2. The van der Waals surface area contributed by atoms with Gasteiger partial charge in [0.05, 0.1) is 18.1 Å². The van der Waals surface area contributed by atoms with E-state index in [1.54, 1.807) is 0 Å². The molecule has 0 unspecified atom stereocenters. The first kappa shape index (κ1) is 17.4. The predicted octanol–water partition coefficient (Wildman–Crippen LogP) is 3.71. The maximum atomic E-state index is 6.31. The molecule has 132 valence electrons. The van der Waals surface area contributed by atoms with E-state index >= 15 is 0 Å². The molecule has 0 aliphatic carbocycles. The van der Waals surface area contributed by atoms with E-state index < -0.39 is 8.32 Å². The second-order valence-electron chi connectivity index (χ2n) is 8.08. The first-order chi connectivity index (χ1) is 11.2. The van der Waals surface area contributed by atoms with Crippen LogP contribution in [-0.2, 0) is 9.16 Å². The molecule has 1 saturated heterocycles. The molecule has 0 spiro atoms. The van der Waals surface area contributed by atoms with Gasteiger partial charge in [-0.2, -0.15) is 0 Å². The Hall–Kier alpha value is -1.44. The summed E-state index contributed by atoms with van der Waals surface area (Å²) >= 11 is 0. The molecule has 0 radical (unpaired) electrons. The second kappa shape index (κ2) is 6.13. The number of anilines is 1. The number of nitrogen functional groups attached to an aromatic ring is 1. The Balaban J connectivity index is 1.66. The molecule has 24 heavy (non-hydrogen) atoms. The van der Waals surface area contributed by atoms with E-state index in [4.69, 9.17) is 14.9 Å². The summed E-state index contributed by atoms with van der Waals surface area (Å²) in [4.78, 5) is 8.40. The van der Waals surface area contributed by atoms with E-state index in [2.05, 4.69) is 48.4 Å². The molecule has 2 aromatic heterocycles. The summed E-state index contributed by atoms with van der Waals surface area (Å²) in [5.41, 5.74) is 6.74. The van der Waals surface area contributed by atoms with Gasteiger partial charge >= 0.3 is 0 Å². The molecule has 0 saturated carbocycles. The van der Waals surface area contributed by atoms with Crippen molar-refractivity contribution < 1.29 is 9.16 Å². The fraction of sp³-hybridized carbons (Fsp3) is 0.647. The topological polar surface area (TPSA) is 75.2 Å². The Morgan fingerprint density at radius 2 is 2.08 bits per heavy atom. The summed E-state index contributed by atoms with van der Waals surface area (Å²) < 4.78 is 14.6. The normalized spacial score (nSPS) is 22.4. The van der Waals surface area contributed by atoms with E-state index in [-0.39, 0.29) is 17.4 Å². The molecule has 3 rings (SSSR count). The SMILES string of the molecule is CC(C)(C)[Si](C)(C)OC[C@@H]1CC[C@H](n2ccc3c(N)ncnc32)O1. The quantitative estimate of drug-likeness (QED) is 0.852. The fourth-order valence-corrected chi connectivity index (χ4v) is 3.79. The van der Waals surface area contributed by atoms with Gasteiger partial charge in [0.25, 0.3) is 0 Å². The van der Waals surface area contributed by atoms with Crippen LogP contribution in [-0.4, -0.2) is 35.6 Å². The molecule has 2 atom stereocenters. The van der Waals surface area contributed by atoms with Crippen LogP contribution >= 0.6 is 0 Å². The van der Waals surface area contributed by atoms with Crippen molar-refractivity contribution in [2.24, 2.45) is 0 Å². The Kier molecular flexibility index (Phi) is 4.44. The van der Waals surface area contributed by atoms with E-state index in [9.17, 15) is 0 Å². The fourth-order valence-electron chi connectivity index (χ4n) is 2.75. The van der Waals surface area contributed by atoms with Crippen LogP contribution in [0.3, 0.4) is 0 Å². The van der Waals surface area contributed by atoms with Gasteiger partial charge in [0.15, 0.2) is 8.32 Å². The highest BCUT2D eigenvalue weighted by Gasteiger charge is 2.38. The molecule has 2 aromatic rings. The smallest absolute Gasteiger partial charge is 0.192 e. The molecule has 7 heteroatoms. The molecular formula is C17H28N4O2Si. The van der Waals surface area contributed by atoms with E-state index in [1.807, 2.05) is 12.3 Å². The van der Waals surface area contributed by atoms with Gasteiger partial charge in [0, 0.05) is 6.20 Å². The number of fused-ring (bicyclic) bond motifs is 1. The minimum absolute atomic E-state index is 0.00943. The number of rotatable bonds is 4. The minimum atomic E-state index is -1.74. The van der Waals surface area contributed by atoms with Crippen LogP contribution in [0.2, 0.25) is 18.1 Å². The lowest BCUT2D eigenvalue weighted by Crippen LogP contribution is -2.42. The van der Waals surface area contributed by atoms with E-state index in [1.165, 1.54) is 6.33 Å². The van der Waals surface area contributed by atoms with Crippen LogP contribution in [0, 0.1) is 0 Å². The lowest BCUT2D eigenvalue weighted by Gasteiger charge is -2.36. The summed E-state index contributed by atoms with van der Waals surface area (Å²) in [6.07, 6.45) is 5.57. The monoisotopic (exact) mass is 348 g/mol. The zero-order chi connectivity index (χ0) is 17.5. The van der Waals surface area contributed by atoms with Crippen molar-refractivity contribution >= 4 is 25.2 Å². The first-order valence-electron chi connectivity index (χ1n) is 8.55. The Morgan fingerprint density at radius 1 is 1.33 bits per heavy atom. The molecule has 0 bridgehead atoms. The summed E-state index contributed by atoms with van der Waals surface area (Å²) in [6.45, 7) is 12.0. The van der Waals surface area contributed by atoms with Crippen molar-refractivity contribution in [2.75, 3.05) is 12.3 Å². The van der Waals surface area contributed by atoms with Gasteiger partial charge in [-0.25, -0.2) is 9.97 Å². The van der Waals surface area contributed by atoms with Crippen LogP contribution in [0.4, 0.5) is 5.82 Å². The zero-order valence-electron chi connectivity index (χ0n) is 15.2. The number of nitrogens with zero attached hydrogens (tertiary/aromatic N) is 3. The molecule has 1 fully saturated rings. The molecule has 0 amide bonds. The maximum absolute atomic E-state index is 6.31. The molecule has 2 N–H and O–H groups in total. The van der Waals surface area contributed by atoms with Crippen LogP contribution < -0.4 is 5.73 Å². The van der Waals surface area contributed by atoms with Crippen LogP contribution in [0.25, 0.3) is 11.0 Å². The number of hydrogen-bond donors (Lipinski definition) is 1. The third kappa shape index (κ3) is 3.20. The third-order valence-corrected chi connectivity index (χ3v) is 9.87. The zero-order valence-corrected chi connectivity index (χ0v) is 16.2. The van der Waals surface area contributed by atoms with Crippen LogP contribution in [0.5, 0.6) is 0 Å². The van der Waals surface area contributed by atoms with Gasteiger partial charge in [0.1, 0.15) is 24.0 Å². The second-order valence-corrected chi connectivity index (χ2v) is 12.9. The van der Waals surface area contributed by atoms with Crippen molar-refractivity contribution in [3.05, 3.63) is 18.6 Å². The third-order valence-electron chi connectivity index (χ3n) is 5.37. The number of nitrogens with two attached hydrogens (primary N) is 1.